The molecule has 0 aromatic heterocycles. The Kier molecular flexibility index (Phi) is 5.02. The lowest BCUT2D eigenvalue weighted by molar-refractivity contribution is 0.194. The number of methoxy groups -OCH3 is 1. The molecule has 0 radical (unpaired) electrons. The molecule has 0 bridgehead atoms. The van der Waals surface area contributed by atoms with E-state index < -0.39 is 0 Å². The monoisotopic (exact) mass is 248 g/mol. The van der Waals surface area contributed by atoms with E-state index in [1.165, 1.54) is 17.7 Å². The molecule has 0 spiro atoms. The van der Waals surface area contributed by atoms with Crippen LogP contribution in [0.1, 0.15) is 18.9 Å². The third kappa shape index (κ3) is 3.24. The molecule has 18 heavy (non-hydrogen) atoms. The maximum absolute atomic E-state index is 5.03. The average molecular weight is 248 g/mol. The Morgan fingerprint density at radius 1 is 1.33 bits per heavy atom. The summed E-state index contributed by atoms with van der Waals surface area (Å²) < 4.78 is 5.03. The second-order valence-corrected chi connectivity index (χ2v) is 4.97. The van der Waals surface area contributed by atoms with Gasteiger partial charge in [0, 0.05) is 38.5 Å². The first kappa shape index (κ1) is 13.4. The molecular weight excluding hydrogens is 224 g/mol. The van der Waals surface area contributed by atoms with Gasteiger partial charge in [-0.3, -0.25) is 0 Å². The van der Waals surface area contributed by atoms with Crippen LogP contribution in [0.4, 0.5) is 5.69 Å². The fourth-order valence-electron chi connectivity index (χ4n) is 2.64. The highest BCUT2D eigenvalue weighted by atomic mass is 16.5. The van der Waals surface area contributed by atoms with Gasteiger partial charge in [0.2, 0.25) is 0 Å². The maximum Gasteiger partial charge on any atom is 0.0474 e. The summed E-state index contributed by atoms with van der Waals surface area (Å²) in [6.07, 6.45) is 2.27. The van der Waals surface area contributed by atoms with Gasteiger partial charge in [-0.15, -0.1) is 0 Å². The molecule has 1 N–H and O–H groups in total. The lowest BCUT2D eigenvalue weighted by Crippen LogP contribution is -2.36. The minimum absolute atomic E-state index is 0.628. The molecule has 3 nitrogen and oxygen atoms in total. The van der Waals surface area contributed by atoms with Gasteiger partial charge in [0.25, 0.3) is 0 Å². The number of ether oxygens (including phenoxy) is 1. The van der Waals surface area contributed by atoms with Gasteiger partial charge in [-0.05, 0) is 37.9 Å². The Labute approximate surface area is 110 Å². The van der Waals surface area contributed by atoms with Crippen molar-refractivity contribution < 1.29 is 4.74 Å². The minimum atomic E-state index is 0.628. The quantitative estimate of drug-likeness (QED) is 0.748. The smallest absolute Gasteiger partial charge is 0.0474 e. The van der Waals surface area contributed by atoms with Crippen molar-refractivity contribution in [1.29, 1.82) is 0 Å². The van der Waals surface area contributed by atoms with E-state index in [0.29, 0.717) is 6.04 Å². The fraction of sp³-hybridized carbons (Fsp3) is 0.600. The van der Waals surface area contributed by atoms with Gasteiger partial charge < -0.3 is 15.0 Å². The summed E-state index contributed by atoms with van der Waals surface area (Å²) in [6.45, 7) is 6.33. The van der Waals surface area contributed by atoms with Crippen LogP contribution in [0.25, 0.3) is 0 Å². The molecule has 1 aromatic carbocycles. The zero-order valence-corrected chi connectivity index (χ0v) is 11.5. The Morgan fingerprint density at radius 3 is 3.00 bits per heavy atom. The van der Waals surface area contributed by atoms with Gasteiger partial charge in [-0.2, -0.15) is 0 Å². The van der Waals surface area contributed by atoms with Crippen LogP contribution in [0.5, 0.6) is 0 Å². The predicted molar refractivity (Wildman–Crippen MR) is 76.3 cm³/mol. The molecule has 1 unspecified atom stereocenters. The Hall–Kier alpha value is -1.06. The van der Waals surface area contributed by atoms with Crippen molar-refractivity contribution in [2.75, 3.05) is 38.3 Å². The molecular formula is C15H24N2O. The number of rotatable bonds is 7. The molecule has 1 heterocycles. The maximum atomic E-state index is 5.03. The normalized spacial score (nSPS) is 18.1. The van der Waals surface area contributed by atoms with Crippen LogP contribution in [0.2, 0.25) is 0 Å². The van der Waals surface area contributed by atoms with E-state index in [1.54, 1.807) is 7.11 Å². The first-order valence-corrected chi connectivity index (χ1v) is 6.87. The van der Waals surface area contributed by atoms with E-state index in [-0.39, 0.29) is 0 Å². The van der Waals surface area contributed by atoms with Crippen molar-refractivity contribution >= 4 is 5.69 Å². The van der Waals surface area contributed by atoms with Crippen LogP contribution in [-0.4, -0.2) is 39.4 Å². The Balaban J connectivity index is 1.76. The van der Waals surface area contributed by atoms with Crippen molar-refractivity contribution in [2.45, 2.75) is 25.8 Å². The van der Waals surface area contributed by atoms with Crippen molar-refractivity contribution in [3.63, 3.8) is 0 Å². The van der Waals surface area contributed by atoms with E-state index in [9.17, 15) is 0 Å². The SMILES string of the molecule is COCCCNCCN1c2ccccc2CC1C. The van der Waals surface area contributed by atoms with Gasteiger partial charge in [0.05, 0.1) is 0 Å². The zero-order valence-electron chi connectivity index (χ0n) is 11.5. The number of nitrogens with one attached hydrogen (secondary N) is 1. The van der Waals surface area contributed by atoms with Crippen LogP contribution in [-0.2, 0) is 11.2 Å². The van der Waals surface area contributed by atoms with Crippen LogP contribution >= 0.6 is 0 Å². The number of anilines is 1. The van der Waals surface area contributed by atoms with E-state index in [4.69, 9.17) is 4.74 Å². The molecule has 1 aliphatic rings. The van der Waals surface area contributed by atoms with Crippen molar-refractivity contribution in [2.24, 2.45) is 0 Å². The topological polar surface area (TPSA) is 24.5 Å². The van der Waals surface area contributed by atoms with Crippen molar-refractivity contribution in [3.05, 3.63) is 29.8 Å². The van der Waals surface area contributed by atoms with E-state index in [0.717, 1.165) is 32.7 Å². The molecule has 1 aromatic rings. The summed E-state index contributed by atoms with van der Waals surface area (Å²) in [6, 6.07) is 9.39. The summed E-state index contributed by atoms with van der Waals surface area (Å²) >= 11 is 0. The highest BCUT2D eigenvalue weighted by Crippen LogP contribution is 2.30. The molecule has 0 saturated carbocycles. The number of nitrogens with zero attached hydrogens (tertiary/aromatic N) is 1. The third-order valence-electron chi connectivity index (χ3n) is 3.58. The van der Waals surface area contributed by atoms with Gasteiger partial charge in [-0.25, -0.2) is 0 Å². The van der Waals surface area contributed by atoms with Gasteiger partial charge in [0.15, 0.2) is 0 Å². The summed E-state index contributed by atoms with van der Waals surface area (Å²) in [5.41, 5.74) is 2.91. The average Bonchev–Trinajstić information content (AvgIpc) is 2.70. The zero-order chi connectivity index (χ0) is 12.8. The van der Waals surface area contributed by atoms with Crippen molar-refractivity contribution in [3.8, 4) is 0 Å². The summed E-state index contributed by atoms with van der Waals surface area (Å²) in [7, 11) is 1.75. The highest BCUT2D eigenvalue weighted by Gasteiger charge is 2.24. The number of fused-ring (bicyclic) bond motifs is 1. The Bertz CT molecular complexity index is 367. The number of hydrogen-bond donors (Lipinski definition) is 1. The van der Waals surface area contributed by atoms with E-state index in [2.05, 4.69) is 41.4 Å². The molecule has 2 rings (SSSR count). The molecule has 0 aliphatic carbocycles. The summed E-state index contributed by atoms with van der Waals surface area (Å²) in [4.78, 5) is 2.51. The molecule has 1 atom stereocenters. The first-order chi connectivity index (χ1) is 8.83. The van der Waals surface area contributed by atoms with Crippen LogP contribution < -0.4 is 10.2 Å². The van der Waals surface area contributed by atoms with Gasteiger partial charge >= 0.3 is 0 Å². The molecule has 1 aliphatic heterocycles. The Morgan fingerprint density at radius 2 is 2.17 bits per heavy atom. The molecule has 100 valence electrons. The molecule has 0 saturated heterocycles. The number of para-hydroxylation sites is 1. The number of benzene rings is 1. The third-order valence-corrected chi connectivity index (χ3v) is 3.58. The standard InChI is InChI=1S/C15H24N2O/c1-13-12-14-6-3-4-7-15(14)17(13)10-9-16-8-5-11-18-2/h3-4,6-7,13,16H,5,8-12H2,1-2H3. The molecule has 0 fully saturated rings. The van der Waals surface area contributed by atoms with Crippen LogP contribution in [0.3, 0.4) is 0 Å². The van der Waals surface area contributed by atoms with Crippen LogP contribution in [0.15, 0.2) is 24.3 Å². The lowest BCUT2D eigenvalue weighted by atomic mass is 10.1. The second-order valence-electron chi connectivity index (χ2n) is 4.97. The number of hydrogen-bond acceptors (Lipinski definition) is 3. The van der Waals surface area contributed by atoms with E-state index in [1.807, 2.05) is 0 Å². The van der Waals surface area contributed by atoms with Crippen LogP contribution in [0, 0.1) is 0 Å². The fourth-order valence-corrected chi connectivity index (χ4v) is 2.64. The molecule has 0 amide bonds. The van der Waals surface area contributed by atoms with Gasteiger partial charge in [0.1, 0.15) is 0 Å². The second kappa shape index (κ2) is 6.76. The van der Waals surface area contributed by atoms with Gasteiger partial charge in [-0.1, -0.05) is 18.2 Å². The minimum Gasteiger partial charge on any atom is -0.385 e. The lowest BCUT2D eigenvalue weighted by Gasteiger charge is -2.25. The molecule has 3 heteroatoms. The largest absolute Gasteiger partial charge is 0.385 e. The van der Waals surface area contributed by atoms with E-state index >= 15 is 0 Å². The van der Waals surface area contributed by atoms with Crippen molar-refractivity contribution in [1.82, 2.24) is 5.32 Å². The first-order valence-electron chi connectivity index (χ1n) is 6.87. The summed E-state index contributed by atoms with van der Waals surface area (Å²) in [5, 5.41) is 3.48. The summed E-state index contributed by atoms with van der Waals surface area (Å²) in [5.74, 6) is 0. The highest BCUT2D eigenvalue weighted by molar-refractivity contribution is 5.59. The predicted octanol–water partition coefficient (Wildman–Crippen LogP) is 2.06.